The number of nitrogens with one attached hydrogen (secondary N) is 6. The van der Waals surface area contributed by atoms with E-state index in [1.807, 2.05) is 119 Å². The zero-order valence-electron chi connectivity index (χ0n) is 41.7. The van der Waals surface area contributed by atoms with Crippen LogP contribution in [-0.2, 0) is 19.2 Å². The fraction of sp³-hybridized carbons (Fsp3) is 0.321. The van der Waals surface area contributed by atoms with Crippen LogP contribution in [0.1, 0.15) is 100 Å². The number of aryl methyl sites for hydroxylation is 1. The number of hydrogen-bond donors (Lipinski definition) is 7. The van der Waals surface area contributed by atoms with E-state index in [1.54, 1.807) is 41.7 Å². The van der Waals surface area contributed by atoms with Gasteiger partial charge in [-0.25, -0.2) is 15.0 Å². The first kappa shape index (κ1) is 51.6. The maximum atomic E-state index is 14.1. The minimum Gasteiger partial charge on any atom is -0.391 e. The molecule has 0 saturated carbocycles. The molecule has 1 unspecified atom stereocenters. The number of aliphatic hydroxyl groups excluding tert-OH is 1. The minimum atomic E-state index is -0.920. The smallest absolute Gasteiger partial charge is 0.255 e. The van der Waals surface area contributed by atoms with Crippen LogP contribution in [0.5, 0.6) is 0 Å². The van der Waals surface area contributed by atoms with Crippen molar-refractivity contribution in [3.8, 4) is 21.7 Å². The largest absolute Gasteiger partial charge is 0.391 e. The van der Waals surface area contributed by atoms with Crippen LogP contribution in [0.4, 0.5) is 22.9 Å². The Balaban J connectivity index is 0.740. The SMILES string of the molecule is Cc1ncsc1-c1ccc([C@H](C)NC(=O)C2C[C@@H](O)CN2C(=O)[C@@H](NC(=O)CCCCCCC(=O)Nc2ccc(C(=O)Nc3cccc(Nc4cc(-c5c[nH]c6ccccc56)ncn4)c3)cc2)C(C)(C)C)cc1. The van der Waals surface area contributed by atoms with Gasteiger partial charge < -0.3 is 41.6 Å². The van der Waals surface area contributed by atoms with Gasteiger partial charge in [-0.05, 0) is 91.8 Å². The molecule has 1 aliphatic heterocycles. The molecule has 1 saturated heterocycles. The predicted molar refractivity (Wildman–Crippen MR) is 286 cm³/mol. The highest BCUT2D eigenvalue weighted by atomic mass is 32.1. The number of rotatable bonds is 19. The van der Waals surface area contributed by atoms with Gasteiger partial charge in [0.2, 0.25) is 23.6 Å². The van der Waals surface area contributed by atoms with Gasteiger partial charge in [0.15, 0.2) is 0 Å². The summed E-state index contributed by atoms with van der Waals surface area (Å²) >= 11 is 1.57. The zero-order chi connectivity index (χ0) is 51.6. The van der Waals surface area contributed by atoms with Crippen molar-refractivity contribution in [2.75, 3.05) is 22.5 Å². The molecule has 4 aromatic carbocycles. The summed E-state index contributed by atoms with van der Waals surface area (Å²) in [7, 11) is 0. The predicted octanol–water partition coefficient (Wildman–Crippen LogP) is 9.70. The van der Waals surface area contributed by atoms with Gasteiger partial charge in [0, 0.05) is 77.2 Å². The van der Waals surface area contributed by atoms with Crippen molar-refractivity contribution in [3.05, 3.63) is 138 Å². The summed E-state index contributed by atoms with van der Waals surface area (Å²) in [6, 6.07) is 29.7. The third kappa shape index (κ3) is 13.2. The second-order valence-electron chi connectivity index (χ2n) is 19.6. The Kier molecular flexibility index (Phi) is 16.4. The van der Waals surface area contributed by atoms with Crippen molar-refractivity contribution in [3.63, 3.8) is 0 Å². The third-order valence-corrected chi connectivity index (χ3v) is 14.0. The van der Waals surface area contributed by atoms with Gasteiger partial charge >= 0.3 is 0 Å². The molecule has 4 heterocycles. The van der Waals surface area contributed by atoms with E-state index >= 15 is 0 Å². The number of para-hydroxylation sites is 1. The number of β-amino-alcohol motifs (C(OH)–C–C–N with tert-alkyl or cyclic N) is 1. The molecule has 378 valence electrons. The lowest BCUT2D eigenvalue weighted by Gasteiger charge is -2.35. The fourth-order valence-corrected chi connectivity index (χ4v) is 9.80. The number of carbonyl (C=O) groups excluding carboxylic acids is 5. The summed E-state index contributed by atoms with van der Waals surface area (Å²) in [6.45, 7) is 9.41. The average Bonchev–Trinajstić information content (AvgIpc) is 4.12. The highest BCUT2D eigenvalue weighted by molar-refractivity contribution is 7.13. The van der Waals surface area contributed by atoms with Crippen LogP contribution in [0, 0.1) is 12.3 Å². The Morgan fingerprint density at radius 2 is 1.52 bits per heavy atom. The molecule has 16 nitrogen and oxygen atoms in total. The summed E-state index contributed by atoms with van der Waals surface area (Å²) in [4.78, 5) is 86.0. The lowest BCUT2D eigenvalue weighted by molar-refractivity contribution is -0.144. The fourth-order valence-electron chi connectivity index (χ4n) is 8.98. The topological polar surface area (TPSA) is 223 Å². The lowest BCUT2D eigenvalue weighted by Crippen LogP contribution is -2.57. The molecule has 0 radical (unpaired) electrons. The maximum absolute atomic E-state index is 14.1. The Hall–Kier alpha value is -7.76. The number of amides is 5. The van der Waals surface area contributed by atoms with Crippen molar-refractivity contribution >= 4 is 74.7 Å². The third-order valence-electron chi connectivity index (χ3n) is 13.0. The number of benzene rings is 4. The summed E-state index contributed by atoms with van der Waals surface area (Å²) in [5, 5.41) is 26.8. The summed E-state index contributed by atoms with van der Waals surface area (Å²) in [5.41, 5.74) is 9.11. The van der Waals surface area contributed by atoms with E-state index in [-0.39, 0.29) is 55.5 Å². The Labute approximate surface area is 428 Å². The highest BCUT2D eigenvalue weighted by Crippen LogP contribution is 2.32. The number of thiazole rings is 1. The van der Waals surface area contributed by atoms with Gasteiger partial charge in [0.25, 0.3) is 5.91 Å². The van der Waals surface area contributed by atoms with Crippen molar-refractivity contribution < 1.29 is 29.1 Å². The van der Waals surface area contributed by atoms with E-state index in [4.69, 9.17) is 0 Å². The number of likely N-dealkylation sites (tertiary alicyclic amines) is 1. The second-order valence-corrected chi connectivity index (χ2v) is 20.5. The highest BCUT2D eigenvalue weighted by Gasteiger charge is 2.44. The van der Waals surface area contributed by atoms with Gasteiger partial charge in [-0.15, -0.1) is 11.3 Å². The van der Waals surface area contributed by atoms with Gasteiger partial charge in [-0.1, -0.05) is 82.1 Å². The van der Waals surface area contributed by atoms with E-state index in [2.05, 4.69) is 46.5 Å². The molecule has 1 fully saturated rings. The van der Waals surface area contributed by atoms with E-state index in [9.17, 15) is 29.1 Å². The monoisotopic (exact) mass is 1000 g/mol. The summed E-state index contributed by atoms with van der Waals surface area (Å²) in [5.74, 6) is -0.922. The van der Waals surface area contributed by atoms with E-state index in [1.165, 1.54) is 11.2 Å². The number of fused-ring (bicyclic) bond motifs is 1. The second kappa shape index (κ2) is 23.2. The van der Waals surface area contributed by atoms with Crippen LogP contribution in [-0.4, -0.2) is 84.2 Å². The van der Waals surface area contributed by atoms with Crippen molar-refractivity contribution in [2.45, 2.75) is 104 Å². The molecule has 3 aromatic heterocycles. The van der Waals surface area contributed by atoms with Crippen LogP contribution in [0.2, 0.25) is 0 Å². The van der Waals surface area contributed by atoms with Gasteiger partial charge in [-0.2, -0.15) is 0 Å². The number of H-pyrrole nitrogens is 1. The molecule has 7 aromatic rings. The van der Waals surface area contributed by atoms with Crippen molar-refractivity contribution in [1.29, 1.82) is 0 Å². The zero-order valence-corrected chi connectivity index (χ0v) is 42.5. The molecular weight excluding hydrogens is 941 g/mol. The standard InChI is InChI=1S/C56H62N10O6S/c1-34(36-19-21-37(22-20-36)51-35(2)60-33-73-51)61-54(71)47-28-42(67)31-66(47)55(72)52(56(3,4)5)65-50(69)18-9-7-6-8-17-49(68)63-39-25-23-38(24-26-39)53(70)64-41-14-12-13-40(27-41)62-48-29-46(58-32-59-48)44-30-57-45-16-11-10-15-43(44)45/h10-16,19-27,29-30,32-34,42,47,52,57,67H,6-9,17-18,28,31H2,1-5H3,(H,61,71)(H,63,68)(H,64,70)(H,65,69)(H,58,59,62)/t34-,42+,47?,52+/m0/s1. The molecule has 73 heavy (non-hydrogen) atoms. The number of aliphatic hydroxyl groups is 1. The van der Waals surface area contributed by atoms with E-state index in [0.29, 0.717) is 42.0 Å². The first-order chi connectivity index (χ1) is 35.1. The number of unbranched alkanes of at least 4 members (excludes halogenated alkanes) is 3. The normalized spacial score (nSPS) is 15.3. The molecule has 0 bridgehead atoms. The Bertz CT molecular complexity index is 3070. The van der Waals surface area contributed by atoms with Gasteiger partial charge in [-0.3, -0.25) is 24.0 Å². The van der Waals surface area contributed by atoms with Gasteiger partial charge in [0.05, 0.1) is 33.9 Å². The molecule has 0 spiro atoms. The van der Waals surface area contributed by atoms with Crippen LogP contribution in [0.3, 0.4) is 0 Å². The quantitative estimate of drug-likeness (QED) is 0.0380. The van der Waals surface area contributed by atoms with Crippen LogP contribution < -0.4 is 26.6 Å². The number of hydrogen-bond acceptors (Lipinski definition) is 11. The van der Waals surface area contributed by atoms with E-state index < -0.39 is 29.5 Å². The molecule has 5 amide bonds. The number of aromatic nitrogens is 4. The Morgan fingerprint density at radius 1 is 0.795 bits per heavy atom. The molecular formula is C56H62N10O6S. The first-order valence-electron chi connectivity index (χ1n) is 24.6. The molecule has 8 rings (SSSR count). The number of carbonyl (C=O) groups is 5. The maximum Gasteiger partial charge on any atom is 0.255 e. The number of aromatic amines is 1. The first-order valence-corrected chi connectivity index (χ1v) is 25.5. The number of anilines is 4. The molecule has 0 aliphatic carbocycles. The van der Waals surface area contributed by atoms with Crippen molar-refractivity contribution in [2.24, 2.45) is 5.41 Å². The molecule has 1 aliphatic rings. The number of nitrogens with zero attached hydrogens (tertiary/aromatic N) is 4. The van der Waals surface area contributed by atoms with Crippen LogP contribution >= 0.6 is 11.3 Å². The molecule has 4 atom stereocenters. The average molecular weight is 1000 g/mol. The molecule has 17 heteroatoms. The Morgan fingerprint density at radius 3 is 2.25 bits per heavy atom. The van der Waals surface area contributed by atoms with Gasteiger partial charge in [0.1, 0.15) is 24.2 Å². The minimum absolute atomic E-state index is 0.0101. The summed E-state index contributed by atoms with van der Waals surface area (Å²) in [6.07, 6.45) is 5.75. The summed E-state index contributed by atoms with van der Waals surface area (Å²) < 4.78 is 0. The van der Waals surface area contributed by atoms with E-state index in [0.717, 1.165) is 56.0 Å². The molecule has 7 N–H and O–H groups in total. The van der Waals surface area contributed by atoms with Crippen LogP contribution in [0.25, 0.3) is 32.6 Å². The van der Waals surface area contributed by atoms with Crippen molar-refractivity contribution in [1.82, 2.24) is 35.5 Å². The lowest BCUT2D eigenvalue weighted by atomic mass is 9.85. The van der Waals surface area contributed by atoms with Crippen LogP contribution in [0.15, 0.2) is 121 Å².